The fraction of sp³-hybridized carbons (Fsp3) is 0.478. The summed E-state index contributed by atoms with van der Waals surface area (Å²) in [4.78, 5) is 41.2. The Hall–Kier alpha value is -3.14. The molecule has 1 amide bonds. The molecule has 3 aromatic rings. The van der Waals surface area contributed by atoms with Crippen LogP contribution >= 0.6 is 11.3 Å². The molecule has 4 heterocycles. The largest absolute Gasteiger partial charge is 0.497 e. The number of thiazole rings is 1. The van der Waals surface area contributed by atoms with Crippen molar-refractivity contribution in [1.82, 2.24) is 19.4 Å². The van der Waals surface area contributed by atoms with E-state index >= 15 is 0 Å². The molecule has 0 unspecified atom stereocenters. The molecule has 1 aromatic carbocycles. The summed E-state index contributed by atoms with van der Waals surface area (Å²) in [5.41, 5.74) is 1.40. The number of anilines is 2. The Bertz CT molecular complexity index is 1180. The lowest BCUT2D eigenvalue weighted by Gasteiger charge is -2.36. The quantitative estimate of drug-likeness (QED) is 0.568. The zero-order valence-corrected chi connectivity index (χ0v) is 19.6. The molecule has 10 heteroatoms. The molecule has 5 rings (SSSR count). The summed E-state index contributed by atoms with van der Waals surface area (Å²) in [5, 5.41) is 0.855. The van der Waals surface area contributed by atoms with E-state index in [9.17, 15) is 9.59 Å². The van der Waals surface area contributed by atoms with Crippen LogP contribution in [0.4, 0.5) is 10.8 Å². The van der Waals surface area contributed by atoms with E-state index in [1.54, 1.807) is 7.11 Å². The van der Waals surface area contributed by atoms with Gasteiger partial charge in [0.1, 0.15) is 23.3 Å². The molecule has 33 heavy (non-hydrogen) atoms. The smallest absolute Gasteiger partial charge is 0.273 e. The number of carbonyl (C=O) groups is 1. The third kappa shape index (κ3) is 4.52. The lowest BCUT2D eigenvalue weighted by molar-refractivity contribution is -0.132. The second-order valence-electron chi connectivity index (χ2n) is 8.44. The number of hydrogen-bond acceptors (Lipinski definition) is 8. The number of aromatic nitrogens is 3. The van der Waals surface area contributed by atoms with Gasteiger partial charge in [-0.1, -0.05) is 11.3 Å². The molecule has 2 saturated heterocycles. The first-order valence-electron chi connectivity index (χ1n) is 11.4. The van der Waals surface area contributed by atoms with Gasteiger partial charge in [-0.2, -0.15) is 4.98 Å². The van der Waals surface area contributed by atoms with Gasteiger partial charge >= 0.3 is 0 Å². The number of piperidine rings is 1. The fourth-order valence-corrected chi connectivity index (χ4v) is 5.44. The van der Waals surface area contributed by atoms with Crippen LogP contribution in [0.5, 0.6) is 5.75 Å². The molecule has 174 valence electrons. The van der Waals surface area contributed by atoms with Crippen LogP contribution in [0.25, 0.3) is 10.3 Å². The Balaban J connectivity index is 1.23. The number of rotatable bonds is 5. The molecule has 0 atom stereocenters. The van der Waals surface area contributed by atoms with E-state index in [1.165, 1.54) is 28.7 Å². The van der Waals surface area contributed by atoms with Crippen molar-refractivity contribution in [2.75, 3.05) is 56.2 Å². The Morgan fingerprint density at radius 3 is 2.42 bits per heavy atom. The Kier molecular flexibility index (Phi) is 6.17. The highest BCUT2D eigenvalue weighted by Crippen LogP contribution is 2.27. The molecule has 9 nitrogen and oxygen atoms in total. The molecular formula is C23H28N6O3S. The number of fused-ring (bicyclic) bond motifs is 1. The molecule has 0 bridgehead atoms. The standard InChI is InChI=1S/C23H28N6O3S/c1-32-18-7-5-17(6-8-18)26-11-13-27(14-12-26)19(30)15-29-16-24-21-20(22(29)31)33-23(25-21)28-9-3-2-4-10-28/h5-8,16H,2-4,9-15H2,1H3. The van der Waals surface area contributed by atoms with Crippen molar-refractivity contribution < 1.29 is 9.53 Å². The molecule has 0 aliphatic carbocycles. The maximum absolute atomic E-state index is 13.0. The van der Waals surface area contributed by atoms with E-state index in [2.05, 4.69) is 19.8 Å². The first kappa shape index (κ1) is 21.7. The van der Waals surface area contributed by atoms with Crippen molar-refractivity contribution in [2.45, 2.75) is 25.8 Å². The normalized spacial score (nSPS) is 16.9. The third-order valence-electron chi connectivity index (χ3n) is 6.37. The summed E-state index contributed by atoms with van der Waals surface area (Å²) in [6.07, 6.45) is 4.99. The number of piperazine rings is 1. The van der Waals surface area contributed by atoms with Gasteiger partial charge in [-0.15, -0.1) is 0 Å². The Labute approximate surface area is 196 Å². The summed E-state index contributed by atoms with van der Waals surface area (Å²) in [6, 6.07) is 7.95. The van der Waals surface area contributed by atoms with E-state index in [0.717, 1.165) is 55.6 Å². The number of hydrogen-bond donors (Lipinski definition) is 0. The molecule has 2 aromatic heterocycles. The number of carbonyl (C=O) groups excluding carboxylic acids is 1. The van der Waals surface area contributed by atoms with Crippen molar-refractivity contribution in [3.8, 4) is 5.75 Å². The Morgan fingerprint density at radius 2 is 1.73 bits per heavy atom. The Morgan fingerprint density at radius 1 is 1.00 bits per heavy atom. The second kappa shape index (κ2) is 9.38. The number of nitrogens with zero attached hydrogens (tertiary/aromatic N) is 6. The zero-order valence-electron chi connectivity index (χ0n) is 18.8. The molecule has 2 fully saturated rings. The van der Waals surface area contributed by atoms with E-state index in [1.807, 2.05) is 29.2 Å². The number of benzene rings is 1. The van der Waals surface area contributed by atoms with Crippen LogP contribution in [-0.2, 0) is 11.3 Å². The van der Waals surface area contributed by atoms with Crippen LogP contribution in [0.1, 0.15) is 19.3 Å². The maximum atomic E-state index is 13.0. The maximum Gasteiger partial charge on any atom is 0.273 e. The topological polar surface area (TPSA) is 83.8 Å². The number of amides is 1. The highest BCUT2D eigenvalue weighted by atomic mass is 32.1. The molecule has 2 aliphatic heterocycles. The van der Waals surface area contributed by atoms with Crippen molar-refractivity contribution in [2.24, 2.45) is 0 Å². The first-order chi connectivity index (χ1) is 16.1. The van der Waals surface area contributed by atoms with E-state index < -0.39 is 0 Å². The van der Waals surface area contributed by atoms with Gasteiger partial charge in [0.15, 0.2) is 10.8 Å². The first-order valence-corrected chi connectivity index (χ1v) is 12.2. The van der Waals surface area contributed by atoms with Gasteiger partial charge in [0, 0.05) is 45.0 Å². The number of methoxy groups -OCH3 is 1. The predicted octanol–water partition coefficient (Wildman–Crippen LogP) is 2.20. The lowest BCUT2D eigenvalue weighted by atomic mass is 10.1. The average molecular weight is 469 g/mol. The zero-order chi connectivity index (χ0) is 22.8. The summed E-state index contributed by atoms with van der Waals surface area (Å²) in [7, 11) is 1.65. The van der Waals surface area contributed by atoms with Crippen LogP contribution < -0.4 is 20.1 Å². The van der Waals surface area contributed by atoms with Gasteiger partial charge in [-0.25, -0.2) is 4.98 Å². The molecule has 0 spiro atoms. The van der Waals surface area contributed by atoms with Crippen LogP contribution in [0.3, 0.4) is 0 Å². The highest BCUT2D eigenvalue weighted by Gasteiger charge is 2.23. The molecular weight excluding hydrogens is 440 g/mol. The van der Waals surface area contributed by atoms with E-state index in [4.69, 9.17) is 4.74 Å². The molecule has 0 N–H and O–H groups in total. The van der Waals surface area contributed by atoms with Gasteiger partial charge in [0.05, 0.1) is 7.11 Å². The van der Waals surface area contributed by atoms with Crippen molar-refractivity contribution in [1.29, 1.82) is 0 Å². The minimum Gasteiger partial charge on any atom is -0.497 e. The predicted molar refractivity (Wildman–Crippen MR) is 130 cm³/mol. The second-order valence-corrected chi connectivity index (χ2v) is 9.42. The van der Waals surface area contributed by atoms with Gasteiger partial charge in [-0.3, -0.25) is 14.2 Å². The van der Waals surface area contributed by atoms with Crippen LogP contribution in [0.2, 0.25) is 0 Å². The summed E-state index contributed by atoms with van der Waals surface area (Å²) in [6.45, 7) is 4.67. The van der Waals surface area contributed by atoms with Crippen molar-refractivity contribution in [3.63, 3.8) is 0 Å². The highest BCUT2D eigenvalue weighted by molar-refractivity contribution is 7.22. The molecule has 0 radical (unpaired) electrons. The van der Waals surface area contributed by atoms with Crippen LogP contribution in [-0.4, -0.2) is 71.7 Å². The van der Waals surface area contributed by atoms with Crippen LogP contribution in [0, 0.1) is 0 Å². The lowest BCUT2D eigenvalue weighted by Crippen LogP contribution is -2.50. The van der Waals surface area contributed by atoms with Gasteiger partial charge in [-0.05, 0) is 43.5 Å². The minimum absolute atomic E-state index is 0.00125. The number of ether oxygens (including phenoxy) is 1. The summed E-state index contributed by atoms with van der Waals surface area (Å²) < 4.78 is 7.16. The molecule has 0 saturated carbocycles. The minimum atomic E-state index is -0.189. The van der Waals surface area contributed by atoms with Gasteiger partial charge in [0.2, 0.25) is 5.91 Å². The van der Waals surface area contributed by atoms with Crippen molar-refractivity contribution >= 4 is 38.4 Å². The monoisotopic (exact) mass is 468 g/mol. The molecule has 2 aliphatic rings. The third-order valence-corrected chi connectivity index (χ3v) is 7.47. The van der Waals surface area contributed by atoms with Gasteiger partial charge in [0.25, 0.3) is 5.56 Å². The average Bonchev–Trinajstić information content (AvgIpc) is 3.32. The summed E-state index contributed by atoms with van der Waals surface area (Å²) in [5.74, 6) is 0.765. The van der Waals surface area contributed by atoms with Crippen LogP contribution in [0.15, 0.2) is 35.4 Å². The van der Waals surface area contributed by atoms with E-state index in [-0.39, 0.29) is 18.0 Å². The summed E-state index contributed by atoms with van der Waals surface area (Å²) >= 11 is 1.39. The van der Waals surface area contributed by atoms with Crippen molar-refractivity contribution in [3.05, 3.63) is 40.9 Å². The SMILES string of the molecule is COc1ccc(N2CCN(C(=O)Cn3cnc4nc(N5CCCCC5)sc4c3=O)CC2)cc1. The van der Waals surface area contributed by atoms with E-state index in [0.29, 0.717) is 23.4 Å². The van der Waals surface area contributed by atoms with Gasteiger partial charge < -0.3 is 19.4 Å². The fourth-order valence-electron chi connectivity index (χ4n) is 4.42.